The summed E-state index contributed by atoms with van der Waals surface area (Å²) >= 11 is 0. The van der Waals surface area contributed by atoms with E-state index in [1.807, 2.05) is 0 Å². The molecule has 0 radical (unpaired) electrons. The van der Waals surface area contributed by atoms with Crippen LogP contribution in [0.4, 0.5) is 0 Å². The second-order valence-corrected chi connectivity index (χ2v) is 8.16. The van der Waals surface area contributed by atoms with Crippen molar-refractivity contribution in [1.82, 2.24) is 10.2 Å². The molecule has 2 aliphatic carbocycles. The third kappa shape index (κ3) is 3.13. The zero-order valence-corrected chi connectivity index (χ0v) is 14.0. The number of carbonyl (C=O) groups excluding carboxylic acids is 1. The summed E-state index contributed by atoms with van der Waals surface area (Å²) in [5.74, 6) is 1.66. The minimum atomic E-state index is 0.0725. The predicted molar refractivity (Wildman–Crippen MR) is 85.8 cm³/mol. The van der Waals surface area contributed by atoms with E-state index in [0.29, 0.717) is 29.3 Å². The van der Waals surface area contributed by atoms with Crippen molar-refractivity contribution >= 4 is 5.91 Å². The Morgan fingerprint density at radius 2 is 1.95 bits per heavy atom. The highest BCUT2D eigenvalue weighted by Crippen LogP contribution is 2.50. The molecule has 0 aromatic rings. The number of hydrogen-bond donors (Lipinski definition) is 1. The fourth-order valence-corrected chi connectivity index (χ4v) is 4.35. The molecule has 1 saturated heterocycles. The van der Waals surface area contributed by atoms with E-state index >= 15 is 0 Å². The van der Waals surface area contributed by atoms with Gasteiger partial charge in [-0.15, -0.1) is 0 Å². The summed E-state index contributed by atoms with van der Waals surface area (Å²) in [6.07, 6.45) is 10.5. The van der Waals surface area contributed by atoms with Gasteiger partial charge >= 0.3 is 0 Å². The second-order valence-electron chi connectivity index (χ2n) is 8.16. The summed E-state index contributed by atoms with van der Waals surface area (Å²) < 4.78 is 0. The molecule has 0 spiro atoms. The first kappa shape index (κ1) is 15.3. The molecule has 3 fully saturated rings. The molecule has 0 aromatic carbocycles. The zero-order valence-electron chi connectivity index (χ0n) is 14.0. The number of nitrogens with one attached hydrogen (secondary N) is 1. The van der Waals surface area contributed by atoms with Gasteiger partial charge in [-0.3, -0.25) is 10.1 Å². The molecule has 2 unspecified atom stereocenters. The van der Waals surface area contributed by atoms with Gasteiger partial charge in [0.25, 0.3) is 0 Å². The lowest BCUT2D eigenvalue weighted by Gasteiger charge is -2.32. The topological polar surface area (TPSA) is 32.3 Å². The van der Waals surface area contributed by atoms with E-state index in [4.69, 9.17) is 0 Å². The molecule has 0 bridgehead atoms. The Hall–Kier alpha value is -0.570. The van der Waals surface area contributed by atoms with Crippen LogP contribution < -0.4 is 5.32 Å². The fourth-order valence-electron chi connectivity index (χ4n) is 4.35. The maximum atomic E-state index is 12.9. The van der Waals surface area contributed by atoms with Gasteiger partial charge in [0.05, 0.1) is 12.2 Å². The number of carbonyl (C=O) groups is 1. The quantitative estimate of drug-likeness (QED) is 0.812. The van der Waals surface area contributed by atoms with Crippen LogP contribution in [0.2, 0.25) is 0 Å². The van der Waals surface area contributed by atoms with Crippen LogP contribution in [0.1, 0.15) is 72.1 Å². The minimum Gasteiger partial charge on any atom is -0.325 e. The maximum absolute atomic E-state index is 12.9. The molecule has 2 atom stereocenters. The van der Waals surface area contributed by atoms with Gasteiger partial charge in [-0.1, -0.05) is 33.6 Å². The largest absolute Gasteiger partial charge is 0.325 e. The molecule has 3 aliphatic rings. The van der Waals surface area contributed by atoms with Crippen LogP contribution in [0.15, 0.2) is 0 Å². The third-order valence-electron chi connectivity index (χ3n) is 6.06. The van der Waals surface area contributed by atoms with E-state index < -0.39 is 0 Å². The summed E-state index contributed by atoms with van der Waals surface area (Å²) in [4.78, 5) is 15.1. The van der Waals surface area contributed by atoms with E-state index in [9.17, 15) is 4.79 Å². The van der Waals surface area contributed by atoms with Crippen LogP contribution >= 0.6 is 0 Å². The SMILES string of the molecule is CCC1(CN2C(=O)C(CC(C)C)NC2C2CCCC2)CC1. The van der Waals surface area contributed by atoms with Crippen molar-refractivity contribution in [3.05, 3.63) is 0 Å². The van der Waals surface area contributed by atoms with Crippen molar-refractivity contribution < 1.29 is 4.79 Å². The van der Waals surface area contributed by atoms with E-state index in [0.717, 1.165) is 13.0 Å². The van der Waals surface area contributed by atoms with E-state index in [1.165, 1.54) is 44.9 Å². The Morgan fingerprint density at radius 3 is 2.48 bits per heavy atom. The minimum absolute atomic E-state index is 0.0725. The summed E-state index contributed by atoms with van der Waals surface area (Å²) in [5.41, 5.74) is 0.459. The van der Waals surface area contributed by atoms with Gasteiger partial charge in [-0.25, -0.2) is 0 Å². The molecule has 3 heteroatoms. The molecule has 1 aliphatic heterocycles. The molecular formula is C18H32N2O. The molecule has 120 valence electrons. The van der Waals surface area contributed by atoms with Crippen LogP contribution in [-0.4, -0.2) is 29.6 Å². The lowest BCUT2D eigenvalue weighted by molar-refractivity contribution is -0.131. The van der Waals surface area contributed by atoms with Crippen molar-refractivity contribution in [2.45, 2.75) is 84.3 Å². The first-order chi connectivity index (χ1) is 10.0. The smallest absolute Gasteiger partial charge is 0.241 e. The fraction of sp³-hybridized carbons (Fsp3) is 0.944. The van der Waals surface area contributed by atoms with Crippen molar-refractivity contribution in [2.24, 2.45) is 17.3 Å². The highest BCUT2D eigenvalue weighted by molar-refractivity contribution is 5.84. The average Bonchev–Trinajstić information content (AvgIpc) is 2.89. The first-order valence-electron chi connectivity index (χ1n) is 9.11. The van der Waals surface area contributed by atoms with Crippen molar-refractivity contribution in [2.75, 3.05) is 6.54 Å². The summed E-state index contributed by atoms with van der Waals surface area (Å²) in [6, 6.07) is 0.0725. The monoisotopic (exact) mass is 292 g/mol. The van der Waals surface area contributed by atoms with Gasteiger partial charge < -0.3 is 4.90 Å². The first-order valence-corrected chi connectivity index (χ1v) is 9.11. The molecule has 2 saturated carbocycles. The normalized spacial score (nSPS) is 32.4. The van der Waals surface area contributed by atoms with Gasteiger partial charge in [0.15, 0.2) is 0 Å². The van der Waals surface area contributed by atoms with Crippen LogP contribution in [0.5, 0.6) is 0 Å². The van der Waals surface area contributed by atoms with Gasteiger partial charge in [0.2, 0.25) is 5.91 Å². The molecule has 1 amide bonds. The Kier molecular flexibility index (Phi) is 4.31. The van der Waals surface area contributed by atoms with Crippen LogP contribution in [0, 0.1) is 17.3 Å². The highest BCUT2D eigenvalue weighted by atomic mass is 16.2. The standard InChI is InChI=1S/C18H32N2O/c1-4-18(9-10-18)12-20-16(14-7-5-6-8-14)19-15(17(20)21)11-13(2)3/h13-16,19H,4-12H2,1-3H3. The molecule has 1 heterocycles. The van der Waals surface area contributed by atoms with Gasteiger partial charge in [-0.2, -0.15) is 0 Å². The number of hydrogen-bond acceptors (Lipinski definition) is 2. The van der Waals surface area contributed by atoms with E-state index in [1.54, 1.807) is 0 Å². The van der Waals surface area contributed by atoms with Gasteiger partial charge in [-0.05, 0) is 55.8 Å². The number of amides is 1. The molecule has 0 aromatic heterocycles. The second kappa shape index (κ2) is 5.91. The summed E-state index contributed by atoms with van der Waals surface area (Å²) in [6.45, 7) is 7.73. The van der Waals surface area contributed by atoms with E-state index in [2.05, 4.69) is 31.0 Å². The van der Waals surface area contributed by atoms with Crippen molar-refractivity contribution in [1.29, 1.82) is 0 Å². The molecule has 3 nitrogen and oxygen atoms in total. The van der Waals surface area contributed by atoms with Crippen molar-refractivity contribution in [3.63, 3.8) is 0 Å². The Bertz CT molecular complexity index is 383. The van der Waals surface area contributed by atoms with E-state index in [-0.39, 0.29) is 6.04 Å². The van der Waals surface area contributed by atoms with Crippen molar-refractivity contribution in [3.8, 4) is 0 Å². The highest BCUT2D eigenvalue weighted by Gasteiger charge is 2.49. The molecule has 3 rings (SSSR count). The van der Waals surface area contributed by atoms with Crippen LogP contribution in [-0.2, 0) is 4.79 Å². The Morgan fingerprint density at radius 1 is 1.29 bits per heavy atom. The van der Waals surface area contributed by atoms with Crippen LogP contribution in [0.3, 0.4) is 0 Å². The number of rotatable bonds is 6. The average molecular weight is 292 g/mol. The van der Waals surface area contributed by atoms with Gasteiger partial charge in [0, 0.05) is 6.54 Å². The Labute approximate surface area is 129 Å². The van der Waals surface area contributed by atoms with Gasteiger partial charge in [0.1, 0.15) is 0 Å². The lowest BCUT2D eigenvalue weighted by Crippen LogP contribution is -2.45. The molecule has 1 N–H and O–H groups in total. The molecular weight excluding hydrogens is 260 g/mol. The van der Waals surface area contributed by atoms with Crippen LogP contribution in [0.25, 0.3) is 0 Å². The lowest BCUT2D eigenvalue weighted by atomic mass is 9.99. The zero-order chi connectivity index (χ0) is 15.0. The summed E-state index contributed by atoms with van der Waals surface area (Å²) in [5, 5.41) is 3.71. The maximum Gasteiger partial charge on any atom is 0.241 e. The Balaban J connectivity index is 1.73. The number of nitrogens with zero attached hydrogens (tertiary/aromatic N) is 1. The third-order valence-corrected chi connectivity index (χ3v) is 6.06. The summed E-state index contributed by atoms with van der Waals surface area (Å²) in [7, 11) is 0. The molecule has 21 heavy (non-hydrogen) atoms. The predicted octanol–water partition coefficient (Wildman–Crippen LogP) is 3.54.